The summed E-state index contributed by atoms with van der Waals surface area (Å²) < 4.78 is 31.8. The van der Waals surface area contributed by atoms with Crippen LogP contribution in [0, 0.1) is 0 Å². The Bertz CT molecular complexity index is 583. The molecule has 0 radical (unpaired) electrons. The van der Waals surface area contributed by atoms with Gasteiger partial charge < -0.3 is 9.84 Å². The monoisotopic (exact) mass is 315 g/mol. The Morgan fingerprint density at radius 1 is 1.29 bits per heavy atom. The van der Waals surface area contributed by atoms with E-state index < -0.39 is 16.0 Å². The molecule has 7 heteroatoms. The Kier molecular flexibility index (Phi) is 6.48. The fourth-order valence-corrected chi connectivity index (χ4v) is 2.90. The number of anilines is 1. The molecule has 118 valence electrons. The number of ether oxygens (including phenoxy) is 1. The predicted molar refractivity (Wildman–Crippen MR) is 81.5 cm³/mol. The molecular weight excluding hydrogens is 294 g/mol. The Morgan fingerprint density at radius 3 is 2.57 bits per heavy atom. The lowest BCUT2D eigenvalue weighted by Crippen LogP contribution is -2.17. The normalized spacial score (nSPS) is 11.1. The van der Waals surface area contributed by atoms with E-state index >= 15 is 0 Å². The highest BCUT2D eigenvalue weighted by Crippen LogP contribution is 2.27. The van der Waals surface area contributed by atoms with E-state index in [1.807, 2.05) is 13.8 Å². The molecule has 2 N–H and O–H groups in total. The summed E-state index contributed by atoms with van der Waals surface area (Å²) in [6.07, 6.45) is 2.07. The van der Waals surface area contributed by atoms with Gasteiger partial charge in [0.25, 0.3) is 0 Å². The van der Waals surface area contributed by atoms with E-state index in [1.54, 1.807) is 0 Å². The van der Waals surface area contributed by atoms with Gasteiger partial charge in [0.05, 0.1) is 23.6 Å². The summed E-state index contributed by atoms with van der Waals surface area (Å²) in [5.74, 6) is -0.790. The summed E-state index contributed by atoms with van der Waals surface area (Å²) in [4.78, 5) is 11.0. The van der Waals surface area contributed by atoms with Gasteiger partial charge in [-0.05, 0) is 31.0 Å². The van der Waals surface area contributed by atoms with E-state index in [-0.39, 0.29) is 17.0 Å². The maximum atomic E-state index is 12.0. The second kappa shape index (κ2) is 7.87. The number of unbranched alkanes of at least 4 members (excludes halogenated alkanes) is 1. The number of hydrogen-bond acceptors (Lipinski definition) is 4. The van der Waals surface area contributed by atoms with Gasteiger partial charge in [-0.1, -0.05) is 20.3 Å². The Hall–Kier alpha value is -1.76. The molecule has 0 spiro atoms. The van der Waals surface area contributed by atoms with Crippen molar-refractivity contribution in [3.63, 3.8) is 0 Å². The second-order valence-corrected chi connectivity index (χ2v) is 6.48. The Balaban J connectivity index is 3.04. The van der Waals surface area contributed by atoms with Crippen LogP contribution in [0.15, 0.2) is 18.2 Å². The van der Waals surface area contributed by atoms with Gasteiger partial charge in [-0.25, -0.2) is 13.2 Å². The molecule has 21 heavy (non-hydrogen) atoms. The zero-order valence-electron chi connectivity index (χ0n) is 12.3. The summed E-state index contributed by atoms with van der Waals surface area (Å²) in [6.45, 7) is 4.25. The summed E-state index contributed by atoms with van der Waals surface area (Å²) >= 11 is 0. The van der Waals surface area contributed by atoms with Crippen LogP contribution in [0.2, 0.25) is 0 Å². The summed E-state index contributed by atoms with van der Waals surface area (Å²) in [7, 11) is -3.51. The first-order valence-electron chi connectivity index (χ1n) is 6.90. The van der Waals surface area contributed by atoms with E-state index in [9.17, 15) is 13.2 Å². The minimum Gasteiger partial charge on any atom is -0.491 e. The quantitative estimate of drug-likeness (QED) is 0.731. The molecule has 0 aliphatic rings. The number of hydrogen-bond donors (Lipinski definition) is 2. The summed E-state index contributed by atoms with van der Waals surface area (Å²) in [5, 5.41) is 9.00. The van der Waals surface area contributed by atoms with Gasteiger partial charge in [-0.2, -0.15) is 0 Å². The number of sulfonamides is 1. The van der Waals surface area contributed by atoms with Crippen molar-refractivity contribution in [1.29, 1.82) is 0 Å². The largest absolute Gasteiger partial charge is 0.491 e. The highest BCUT2D eigenvalue weighted by molar-refractivity contribution is 7.92. The highest BCUT2D eigenvalue weighted by atomic mass is 32.2. The maximum Gasteiger partial charge on any atom is 0.335 e. The van der Waals surface area contributed by atoms with Gasteiger partial charge in [0.2, 0.25) is 10.0 Å². The summed E-state index contributed by atoms with van der Waals surface area (Å²) in [5.41, 5.74) is 0.173. The third kappa shape index (κ3) is 5.63. The lowest BCUT2D eigenvalue weighted by atomic mass is 10.2. The van der Waals surface area contributed by atoms with Crippen molar-refractivity contribution in [3.8, 4) is 5.75 Å². The number of carboxylic acids is 1. The van der Waals surface area contributed by atoms with Crippen molar-refractivity contribution in [2.45, 2.75) is 33.1 Å². The number of rotatable bonds is 9. The zero-order chi connectivity index (χ0) is 15.9. The van der Waals surface area contributed by atoms with Crippen LogP contribution >= 0.6 is 0 Å². The molecule has 0 bridgehead atoms. The lowest BCUT2D eigenvalue weighted by molar-refractivity contribution is 0.0697. The van der Waals surface area contributed by atoms with Crippen LogP contribution in [0.1, 0.15) is 43.5 Å². The molecule has 0 saturated heterocycles. The van der Waals surface area contributed by atoms with Gasteiger partial charge in [-0.15, -0.1) is 0 Å². The van der Waals surface area contributed by atoms with Crippen molar-refractivity contribution < 1.29 is 23.1 Å². The lowest BCUT2D eigenvalue weighted by Gasteiger charge is -2.14. The van der Waals surface area contributed by atoms with Crippen LogP contribution in [0.3, 0.4) is 0 Å². The van der Waals surface area contributed by atoms with Gasteiger partial charge in [-0.3, -0.25) is 4.72 Å². The van der Waals surface area contributed by atoms with Crippen molar-refractivity contribution >= 4 is 21.7 Å². The fraction of sp³-hybridized carbons (Fsp3) is 0.500. The molecule has 1 aromatic carbocycles. The molecule has 1 aromatic rings. The number of nitrogens with one attached hydrogen (secondary N) is 1. The molecule has 6 nitrogen and oxygen atoms in total. The molecule has 0 fully saturated rings. The number of aromatic carboxylic acids is 1. The Labute approximate surface area is 125 Å². The van der Waals surface area contributed by atoms with Gasteiger partial charge in [0.1, 0.15) is 5.75 Å². The summed E-state index contributed by atoms with van der Waals surface area (Å²) in [6, 6.07) is 4.13. The molecule has 0 amide bonds. The second-order valence-electron chi connectivity index (χ2n) is 4.64. The van der Waals surface area contributed by atoms with Crippen LogP contribution in [0.25, 0.3) is 0 Å². The van der Waals surface area contributed by atoms with E-state index in [2.05, 4.69) is 4.72 Å². The van der Waals surface area contributed by atoms with Crippen molar-refractivity contribution in [2.24, 2.45) is 0 Å². The van der Waals surface area contributed by atoms with Crippen molar-refractivity contribution in [1.82, 2.24) is 0 Å². The predicted octanol–water partition coefficient (Wildman–Crippen LogP) is 2.72. The molecule has 0 aromatic heterocycles. The van der Waals surface area contributed by atoms with E-state index in [0.29, 0.717) is 18.8 Å². The van der Waals surface area contributed by atoms with Gasteiger partial charge in [0.15, 0.2) is 0 Å². The maximum absolute atomic E-state index is 12.0. The topological polar surface area (TPSA) is 92.7 Å². The van der Waals surface area contributed by atoms with Crippen LogP contribution < -0.4 is 9.46 Å². The smallest absolute Gasteiger partial charge is 0.335 e. The third-order valence-electron chi connectivity index (χ3n) is 2.72. The minimum atomic E-state index is -3.51. The molecule has 0 atom stereocenters. The molecule has 0 heterocycles. The van der Waals surface area contributed by atoms with E-state index in [4.69, 9.17) is 9.84 Å². The molecule has 0 aliphatic heterocycles. The van der Waals surface area contributed by atoms with Gasteiger partial charge in [0, 0.05) is 0 Å². The molecule has 1 rings (SSSR count). The SMILES string of the molecule is CCCCS(=O)(=O)Nc1cc(C(=O)O)ccc1OCCC. The van der Waals surface area contributed by atoms with Crippen LogP contribution in [0.4, 0.5) is 5.69 Å². The first-order chi connectivity index (χ1) is 9.89. The van der Waals surface area contributed by atoms with Crippen LogP contribution in [-0.4, -0.2) is 31.9 Å². The third-order valence-corrected chi connectivity index (χ3v) is 4.08. The first-order valence-corrected chi connectivity index (χ1v) is 8.55. The number of benzene rings is 1. The van der Waals surface area contributed by atoms with Crippen LogP contribution in [0.5, 0.6) is 5.75 Å². The average molecular weight is 315 g/mol. The average Bonchev–Trinajstić information content (AvgIpc) is 2.43. The highest BCUT2D eigenvalue weighted by Gasteiger charge is 2.15. The van der Waals surface area contributed by atoms with E-state index in [1.165, 1.54) is 18.2 Å². The molecule has 0 aliphatic carbocycles. The van der Waals surface area contributed by atoms with E-state index in [0.717, 1.165) is 12.8 Å². The molecular formula is C14H21NO5S. The van der Waals surface area contributed by atoms with Crippen LogP contribution in [-0.2, 0) is 10.0 Å². The van der Waals surface area contributed by atoms with Crippen molar-refractivity contribution in [2.75, 3.05) is 17.1 Å². The van der Waals surface area contributed by atoms with Gasteiger partial charge >= 0.3 is 5.97 Å². The number of carbonyl (C=O) groups is 1. The zero-order valence-corrected chi connectivity index (χ0v) is 13.1. The fourth-order valence-electron chi connectivity index (χ4n) is 1.63. The Morgan fingerprint density at radius 2 is 2.00 bits per heavy atom. The van der Waals surface area contributed by atoms with Crippen molar-refractivity contribution in [3.05, 3.63) is 23.8 Å². The first kappa shape index (κ1) is 17.3. The minimum absolute atomic E-state index is 0.00594. The standard InChI is InChI=1S/C14H21NO5S/c1-3-5-9-21(18,19)15-12-10-11(14(16)17)6-7-13(12)20-8-4-2/h6-7,10,15H,3-5,8-9H2,1-2H3,(H,16,17). The molecule has 0 unspecified atom stereocenters. The number of carboxylic acid groups (broad SMARTS) is 1. The molecule has 0 saturated carbocycles.